The standard InChI is InChI=1S/C26H24N4O3S/c1-4-33-25(32)21-16(2)22(27-17(21)3)20(31)15-34-26-28-23(18-11-7-5-8-12-18)24(29-30-26)19-13-9-6-10-14-19/h5-14,27H,4,15H2,1-3H3. The third-order valence-electron chi connectivity index (χ3n) is 5.29. The summed E-state index contributed by atoms with van der Waals surface area (Å²) in [6.45, 7) is 5.52. The van der Waals surface area contributed by atoms with Crippen LogP contribution in [0.25, 0.3) is 22.5 Å². The number of nitrogens with one attached hydrogen (secondary N) is 1. The molecule has 0 aliphatic heterocycles. The summed E-state index contributed by atoms with van der Waals surface area (Å²) in [4.78, 5) is 33.0. The Morgan fingerprint density at radius 3 is 2.15 bits per heavy atom. The first-order valence-corrected chi connectivity index (χ1v) is 11.9. The number of esters is 1. The Labute approximate surface area is 202 Å². The number of aromatic amines is 1. The van der Waals surface area contributed by atoms with Crippen LogP contribution in [-0.4, -0.2) is 44.3 Å². The first-order chi connectivity index (χ1) is 16.5. The van der Waals surface area contributed by atoms with Gasteiger partial charge in [0.1, 0.15) is 11.4 Å². The molecule has 0 saturated carbocycles. The van der Waals surface area contributed by atoms with E-state index in [1.54, 1.807) is 20.8 Å². The van der Waals surface area contributed by atoms with Crippen molar-refractivity contribution in [2.24, 2.45) is 0 Å². The molecule has 4 rings (SSSR count). The zero-order valence-electron chi connectivity index (χ0n) is 19.2. The highest BCUT2D eigenvalue weighted by Gasteiger charge is 2.23. The number of hydrogen-bond donors (Lipinski definition) is 1. The zero-order valence-corrected chi connectivity index (χ0v) is 20.0. The molecule has 2 heterocycles. The highest BCUT2D eigenvalue weighted by atomic mass is 32.2. The SMILES string of the molecule is CCOC(=O)c1c(C)[nH]c(C(=O)CSc2nnc(-c3ccccc3)c(-c3ccccc3)n2)c1C. The molecule has 0 aliphatic carbocycles. The predicted octanol–water partition coefficient (Wildman–Crippen LogP) is 5.30. The maximum Gasteiger partial charge on any atom is 0.340 e. The minimum absolute atomic E-state index is 0.101. The van der Waals surface area contributed by atoms with Gasteiger partial charge in [0.15, 0.2) is 5.78 Å². The van der Waals surface area contributed by atoms with Crippen LogP contribution in [0.2, 0.25) is 0 Å². The maximum absolute atomic E-state index is 12.9. The zero-order chi connectivity index (χ0) is 24.1. The molecule has 0 radical (unpaired) electrons. The number of carbonyl (C=O) groups is 2. The van der Waals surface area contributed by atoms with E-state index in [0.29, 0.717) is 39.1 Å². The lowest BCUT2D eigenvalue weighted by molar-refractivity contribution is 0.0525. The summed E-state index contributed by atoms with van der Waals surface area (Å²) >= 11 is 1.21. The highest BCUT2D eigenvalue weighted by molar-refractivity contribution is 7.99. The monoisotopic (exact) mass is 472 g/mol. The van der Waals surface area contributed by atoms with E-state index in [2.05, 4.69) is 15.2 Å². The summed E-state index contributed by atoms with van der Waals surface area (Å²) < 4.78 is 5.11. The second kappa shape index (κ2) is 10.4. The fourth-order valence-electron chi connectivity index (χ4n) is 3.70. The third kappa shape index (κ3) is 4.92. The smallest absolute Gasteiger partial charge is 0.340 e. The van der Waals surface area contributed by atoms with E-state index in [-0.39, 0.29) is 18.1 Å². The molecule has 7 nitrogen and oxygen atoms in total. The number of aryl methyl sites for hydroxylation is 1. The minimum Gasteiger partial charge on any atom is -0.462 e. The van der Waals surface area contributed by atoms with Crippen molar-refractivity contribution in [3.05, 3.63) is 83.2 Å². The molecule has 0 unspecified atom stereocenters. The van der Waals surface area contributed by atoms with E-state index in [9.17, 15) is 9.59 Å². The van der Waals surface area contributed by atoms with Crippen LogP contribution in [0, 0.1) is 13.8 Å². The molecule has 0 fully saturated rings. The molecule has 0 amide bonds. The Morgan fingerprint density at radius 1 is 0.912 bits per heavy atom. The van der Waals surface area contributed by atoms with Gasteiger partial charge in [-0.05, 0) is 26.3 Å². The molecule has 0 saturated heterocycles. The van der Waals surface area contributed by atoms with Crippen LogP contribution >= 0.6 is 11.8 Å². The van der Waals surface area contributed by atoms with Gasteiger partial charge in [-0.25, -0.2) is 9.78 Å². The van der Waals surface area contributed by atoms with Gasteiger partial charge in [0.2, 0.25) is 5.16 Å². The average molecular weight is 473 g/mol. The largest absolute Gasteiger partial charge is 0.462 e. The number of thioether (sulfide) groups is 1. The molecule has 1 N–H and O–H groups in total. The van der Waals surface area contributed by atoms with Crippen molar-refractivity contribution in [2.75, 3.05) is 12.4 Å². The second-order valence-corrected chi connectivity index (χ2v) is 8.52. The lowest BCUT2D eigenvalue weighted by Crippen LogP contribution is -2.09. The van der Waals surface area contributed by atoms with Gasteiger partial charge < -0.3 is 9.72 Å². The molecule has 8 heteroatoms. The van der Waals surface area contributed by atoms with Crippen molar-refractivity contribution in [1.82, 2.24) is 20.2 Å². The number of rotatable bonds is 8. The topological polar surface area (TPSA) is 97.8 Å². The van der Waals surface area contributed by atoms with E-state index in [0.717, 1.165) is 11.1 Å². The Balaban J connectivity index is 1.59. The van der Waals surface area contributed by atoms with Gasteiger partial charge in [0.05, 0.1) is 23.6 Å². The molecule has 0 bridgehead atoms. The van der Waals surface area contributed by atoms with Crippen molar-refractivity contribution in [3.63, 3.8) is 0 Å². The van der Waals surface area contributed by atoms with Gasteiger partial charge in [-0.1, -0.05) is 72.4 Å². The van der Waals surface area contributed by atoms with Crippen LogP contribution < -0.4 is 0 Å². The van der Waals surface area contributed by atoms with Crippen molar-refractivity contribution < 1.29 is 14.3 Å². The molecule has 2 aromatic heterocycles. The molecule has 172 valence electrons. The Bertz CT molecular complexity index is 1320. The highest BCUT2D eigenvalue weighted by Crippen LogP contribution is 2.30. The van der Waals surface area contributed by atoms with E-state index in [4.69, 9.17) is 9.72 Å². The van der Waals surface area contributed by atoms with Crippen LogP contribution in [0.5, 0.6) is 0 Å². The number of H-pyrrole nitrogens is 1. The second-order valence-electron chi connectivity index (χ2n) is 7.58. The van der Waals surface area contributed by atoms with Crippen molar-refractivity contribution in [1.29, 1.82) is 0 Å². The molecular formula is C26H24N4O3S. The Hall–Kier alpha value is -3.78. The third-order valence-corrected chi connectivity index (χ3v) is 6.13. The number of ether oxygens (including phenoxy) is 1. The first kappa shape index (κ1) is 23.4. The molecule has 0 atom stereocenters. The number of hydrogen-bond acceptors (Lipinski definition) is 7. The summed E-state index contributed by atoms with van der Waals surface area (Å²) in [7, 11) is 0. The number of aromatic nitrogens is 4. The van der Waals surface area contributed by atoms with Crippen molar-refractivity contribution in [2.45, 2.75) is 25.9 Å². The first-order valence-electron chi connectivity index (χ1n) is 10.9. The van der Waals surface area contributed by atoms with Crippen molar-refractivity contribution >= 4 is 23.5 Å². The molecular weight excluding hydrogens is 448 g/mol. The van der Waals surface area contributed by atoms with E-state index < -0.39 is 5.97 Å². The summed E-state index contributed by atoms with van der Waals surface area (Å²) in [5.41, 5.74) is 5.21. The predicted molar refractivity (Wildman–Crippen MR) is 132 cm³/mol. The quantitative estimate of drug-likeness (QED) is 0.211. The van der Waals surface area contributed by atoms with Crippen LogP contribution in [0.3, 0.4) is 0 Å². The number of carbonyl (C=O) groups excluding carboxylic acids is 2. The summed E-state index contributed by atoms with van der Waals surface area (Å²) in [6.07, 6.45) is 0. The molecule has 4 aromatic rings. The summed E-state index contributed by atoms with van der Waals surface area (Å²) in [6, 6.07) is 19.5. The molecule has 34 heavy (non-hydrogen) atoms. The molecule has 0 aliphatic rings. The summed E-state index contributed by atoms with van der Waals surface area (Å²) in [5.74, 6) is -0.487. The van der Waals surface area contributed by atoms with Crippen LogP contribution in [0.4, 0.5) is 0 Å². The Kier molecular flexibility index (Phi) is 7.18. The van der Waals surface area contributed by atoms with Gasteiger partial charge in [0.25, 0.3) is 0 Å². The minimum atomic E-state index is -0.433. The normalized spacial score (nSPS) is 10.8. The number of Topliss-reactive ketones (excluding diaryl/α,β-unsaturated/α-hetero) is 1. The van der Waals surface area contributed by atoms with Crippen LogP contribution in [0.15, 0.2) is 65.8 Å². The fraction of sp³-hybridized carbons (Fsp3) is 0.192. The van der Waals surface area contributed by atoms with Crippen LogP contribution in [0.1, 0.15) is 39.0 Å². The molecule has 2 aromatic carbocycles. The van der Waals surface area contributed by atoms with Gasteiger partial charge in [-0.15, -0.1) is 10.2 Å². The van der Waals surface area contributed by atoms with Gasteiger partial charge in [-0.3, -0.25) is 4.79 Å². The van der Waals surface area contributed by atoms with E-state index in [1.807, 2.05) is 60.7 Å². The van der Waals surface area contributed by atoms with Gasteiger partial charge in [0, 0.05) is 16.8 Å². The molecule has 0 spiro atoms. The lowest BCUT2D eigenvalue weighted by atomic mass is 10.0. The average Bonchev–Trinajstić information content (AvgIpc) is 3.17. The fourth-order valence-corrected chi connectivity index (χ4v) is 4.36. The van der Waals surface area contributed by atoms with Gasteiger partial charge in [-0.2, -0.15) is 0 Å². The lowest BCUT2D eigenvalue weighted by Gasteiger charge is -2.09. The van der Waals surface area contributed by atoms with Gasteiger partial charge >= 0.3 is 5.97 Å². The van der Waals surface area contributed by atoms with E-state index >= 15 is 0 Å². The van der Waals surface area contributed by atoms with Crippen molar-refractivity contribution in [3.8, 4) is 22.5 Å². The Morgan fingerprint density at radius 2 is 1.53 bits per heavy atom. The number of ketones is 1. The maximum atomic E-state index is 12.9. The number of benzene rings is 2. The van der Waals surface area contributed by atoms with E-state index in [1.165, 1.54) is 11.8 Å². The van der Waals surface area contributed by atoms with Crippen LogP contribution in [-0.2, 0) is 4.74 Å². The summed E-state index contributed by atoms with van der Waals surface area (Å²) in [5, 5.41) is 9.11. The number of nitrogens with zero attached hydrogens (tertiary/aromatic N) is 3.